The smallest absolute Gasteiger partial charge is 0.287 e. The first kappa shape index (κ1) is 23.1. The van der Waals surface area contributed by atoms with Crippen LogP contribution in [0, 0.1) is 11.8 Å². The number of amides is 1. The Bertz CT molecular complexity index is 1150. The molecule has 33 heavy (non-hydrogen) atoms. The lowest BCUT2D eigenvalue weighted by Gasteiger charge is -2.29. The number of nitrogens with one attached hydrogen (secondary N) is 1. The molecule has 0 radical (unpaired) electrons. The fourth-order valence-corrected chi connectivity index (χ4v) is 4.57. The molecule has 8 heteroatoms. The quantitative estimate of drug-likeness (QED) is 0.492. The molecule has 0 aliphatic heterocycles. The number of rotatable bonds is 6. The van der Waals surface area contributed by atoms with Gasteiger partial charge < -0.3 is 14.5 Å². The van der Waals surface area contributed by atoms with Crippen LogP contribution in [-0.2, 0) is 5.92 Å². The Labute approximate surface area is 192 Å². The van der Waals surface area contributed by atoms with Gasteiger partial charge in [-0.2, -0.15) is 8.78 Å². The minimum Gasteiger partial charge on any atom is -0.494 e. The molecule has 6 nitrogen and oxygen atoms in total. The zero-order valence-electron chi connectivity index (χ0n) is 19.4. The summed E-state index contributed by atoms with van der Waals surface area (Å²) in [4.78, 5) is 21.4. The highest BCUT2D eigenvalue weighted by atomic mass is 19.3. The van der Waals surface area contributed by atoms with E-state index in [1.165, 1.54) is 38.2 Å². The highest BCUT2D eigenvalue weighted by Crippen LogP contribution is 2.39. The molecule has 1 aliphatic rings. The largest absolute Gasteiger partial charge is 0.494 e. The third-order valence-electron chi connectivity index (χ3n) is 6.61. The van der Waals surface area contributed by atoms with Crippen LogP contribution in [-0.4, -0.2) is 27.4 Å². The molecule has 1 fully saturated rings. The van der Waals surface area contributed by atoms with Gasteiger partial charge in [-0.25, -0.2) is 9.97 Å². The van der Waals surface area contributed by atoms with Crippen LogP contribution < -0.4 is 10.1 Å². The molecule has 3 aromatic heterocycles. The minimum absolute atomic E-state index is 0.0931. The van der Waals surface area contributed by atoms with Gasteiger partial charge in [-0.3, -0.25) is 4.79 Å². The van der Waals surface area contributed by atoms with Gasteiger partial charge in [-0.15, -0.1) is 0 Å². The molecule has 3 heterocycles. The number of hydrogen-bond acceptors (Lipinski definition) is 4. The molecule has 1 saturated carbocycles. The van der Waals surface area contributed by atoms with Crippen LogP contribution in [0.25, 0.3) is 5.65 Å². The summed E-state index contributed by atoms with van der Waals surface area (Å²) >= 11 is 0. The Balaban J connectivity index is 1.56. The van der Waals surface area contributed by atoms with Crippen LogP contribution in [0.2, 0.25) is 0 Å². The lowest BCUT2D eigenvalue weighted by Crippen LogP contribution is -2.18. The van der Waals surface area contributed by atoms with Crippen molar-refractivity contribution in [2.24, 2.45) is 11.8 Å². The maximum atomic E-state index is 13.6. The van der Waals surface area contributed by atoms with Crippen molar-refractivity contribution in [1.29, 1.82) is 0 Å². The molecule has 176 valence electrons. The van der Waals surface area contributed by atoms with E-state index in [4.69, 9.17) is 9.72 Å². The molecule has 0 saturated heterocycles. The lowest BCUT2D eigenvalue weighted by molar-refractivity contribution is 0.0126. The standard InChI is InChI=1S/C25H30F2N4O2/c1-15(2)16-8-10-17(11-9-16)19-13-31-14-20(21(33-4)12-23(31)29-19)30-24(32)18-6-5-7-22(28-18)25(3,26)27/h5-7,12-17H,8-11H2,1-4H3,(H,30,32). The highest BCUT2D eigenvalue weighted by molar-refractivity contribution is 6.03. The van der Waals surface area contributed by atoms with E-state index in [9.17, 15) is 13.6 Å². The zero-order chi connectivity index (χ0) is 23.8. The third-order valence-corrected chi connectivity index (χ3v) is 6.61. The first-order valence-electron chi connectivity index (χ1n) is 11.4. The fraction of sp³-hybridized carbons (Fsp3) is 0.480. The third kappa shape index (κ3) is 4.99. The van der Waals surface area contributed by atoms with Gasteiger partial charge >= 0.3 is 0 Å². The van der Waals surface area contributed by atoms with Gasteiger partial charge in [0.2, 0.25) is 0 Å². The monoisotopic (exact) mass is 456 g/mol. The SMILES string of the molecule is COc1cc2nc(C3CCC(C(C)C)CC3)cn2cc1NC(=O)c1cccc(C(C)(F)F)n1. The van der Waals surface area contributed by atoms with E-state index >= 15 is 0 Å². The second-order valence-corrected chi connectivity index (χ2v) is 9.29. The summed E-state index contributed by atoms with van der Waals surface area (Å²) in [5.74, 6) is -1.37. The minimum atomic E-state index is -3.13. The van der Waals surface area contributed by atoms with Crippen molar-refractivity contribution >= 4 is 17.2 Å². The van der Waals surface area contributed by atoms with Crippen molar-refractivity contribution in [1.82, 2.24) is 14.4 Å². The molecule has 4 rings (SSSR count). The van der Waals surface area contributed by atoms with Gasteiger partial charge in [0.15, 0.2) is 0 Å². The van der Waals surface area contributed by atoms with Crippen molar-refractivity contribution < 1.29 is 18.3 Å². The van der Waals surface area contributed by atoms with Crippen LogP contribution in [0.3, 0.4) is 0 Å². The number of pyridine rings is 2. The van der Waals surface area contributed by atoms with Crippen LogP contribution in [0.15, 0.2) is 36.7 Å². The number of anilines is 1. The van der Waals surface area contributed by atoms with E-state index in [0.717, 1.165) is 37.0 Å². The van der Waals surface area contributed by atoms with E-state index in [2.05, 4.69) is 24.1 Å². The number of carbonyl (C=O) groups is 1. The molecule has 0 spiro atoms. The van der Waals surface area contributed by atoms with Crippen LogP contribution >= 0.6 is 0 Å². The normalized spacial score (nSPS) is 19.1. The maximum Gasteiger partial charge on any atom is 0.287 e. The lowest BCUT2D eigenvalue weighted by atomic mass is 9.76. The predicted octanol–water partition coefficient (Wildman–Crippen LogP) is 6.03. The number of ether oxygens (including phenoxy) is 1. The van der Waals surface area contributed by atoms with Gasteiger partial charge in [-0.05, 0) is 49.7 Å². The molecule has 1 amide bonds. The second kappa shape index (κ2) is 9.08. The van der Waals surface area contributed by atoms with Crippen LogP contribution in [0.5, 0.6) is 5.75 Å². The first-order chi connectivity index (χ1) is 15.7. The van der Waals surface area contributed by atoms with Gasteiger partial charge in [0.25, 0.3) is 11.8 Å². The zero-order valence-corrected chi connectivity index (χ0v) is 19.4. The van der Waals surface area contributed by atoms with Crippen LogP contribution in [0.1, 0.15) is 74.2 Å². The number of carbonyl (C=O) groups excluding carboxylic acids is 1. The Morgan fingerprint density at radius 1 is 1.18 bits per heavy atom. The number of hydrogen-bond donors (Lipinski definition) is 1. The Kier molecular flexibility index (Phi) is 6.36. The van der Waals surface area contributed by atoms with Crippen molar-refractivity contribution in [3.8, 4) is 5.75 Å². The Morgan fingerprint density at radius 3 is 2.55 bits per heavy atom. The van der Waals surface area contributed by atoms with Gasteiger partial charge in [0.05, 0.1) is 12.8 Å². The number of imidazole rings is 1. The number of aromatic nitrogens is 3. The van der Waals surface area contributed by atoms with Crippen molar-refractivity contribution in [3.63, 3.8) is 0 Å². The van der Waals surface area contributed by atoms with Crippen LogP contribution in [0.4, 0.5) is 14.5 Å². The maximum absolute atomic E-state index is 13.6. The van der Waals surface area contributed by atoms with E-state index in [1.54, 1.807) is 12.3 Å². The van der Waals surface area contributed by atoms with Gasteiger partial charge in [0.1, 0.15) is 28.5 Å². The molecule has 0 unspecified atom stereocenters. The topological polar surface area (TPSA) is 68.5 Å². The molecule has 1 aliphatic carbocycles. The number of alkyl halides is 2. The van der Waals surface area contributed by atoms with E-state index in [1.807, 2.05) is 10.6 Å². The van der Waals surface area contributed by atoms with Crippen molar-refractivity contribution in [2.45, 2.75) is 58.3 Å². The summed E-state index contributed by atoms with van der Waals surface area (Å²) in [7, 11) is 1.51. The van der Waals surface area contributed by atoms with E-state index < -0.39 is 17.5 Å². The average Bonchev–Trinajstić information content (AvgIpc) is 3.21. The molecular weight excluding hydrogens is 426 g/mol. The number of halogens is 2. The second-order valence-electron chi connectivity index (χ2n) is 9.29. The molecular formula is C25H30F2N4O2. The number of nitrogens with zero attached hydrogens (tertiary/aromatic N) is 3. The molecule has 0 atom stereocenters. The average molecular weight is 457 g/mol. The summed E-state index contributed by atoms with van der Waals surface area (Å²) in [6.07, 6.45) is 8.41. The molecule has 3 aromatic rings. The summed E-state index contributed by atoms with van der Waals surface area (Å²) < 4.78 is 34.5. The van der Waals surface area contributed by atoms with E-state index in [-0.39, 0.29) is 5.69 Å². The van der Waals surface area contributed by atoms with Crippen molar-refractivity contribution in [3.05, 3.63) is 53.7 Å². The highest BCUT2D eigenvalue weighted by Gasteiger charge is 2.28. The Hall–Kier alpha value is -3.03. The number of methoxy groups -OCH3 is 1. The Morgan fingerprint density at radius 2 is 1.91 bits per heavy atom. The molecule has 0 bridgehead atoms. The summed E-state index contributed by atoms with van der Waals surface area (Å²) in [5, 5.41) is 2.74. The first-order valence-corrected chi connectivity index (χ1v) is 11.4. The summed E-state index contributed by atoms with van der Waals surface area (Å²) in [6.45, 7) is 5.33. The number of fused-ring (bicyclic) bond motifs is 1. The molecule has 0 aromatic carbocycles. The van der Waals surface area contributed by atoms with Crippen molar-refractivity contribution in [2.75, 3.05) is 12.4 Å². The molecule has 1 N–H and O–H groups in total. The van der Waals surface area contributed by atoms with Gasteiger partial charge in [0, 0.05) is 31.3 Å². The predicted molar refractivity (Wildman–Crippen MR) is 123 cm³/mol. The fourth-order valence-electron chi connectivity index (χ4n) is 4.57. The summed E-state index contributed by atoms with van der Waals surface area (Å²) in [5.41, 5.74) is 1.64. The van der Waals surface area contributed by atoms with Gasteiger partial charge in [-0.1, -0.05) is 19.9 Å². The van der Waals surface area contributed by atoms with E-state index in [0.29, 0.717) is 23.3 Å². The summed E-state index contributed by atoms with van der Waals surface area (Å²) in [6, 6.07) is 5.76.